The molecule has 11 aromatic heterocycles. The highest BCUT2D eigenvalue weighted by molar-refractivity contribution is 7.27. The highest BCUT2D eigenvalue weighted by atomic mass is 32.1. The summed E-state index contributed by atoms with van der Waals surface area (Å²) in [6.07, 6.45) is 0. The Kier molecular flexibility index (Phi) is 16.2. The lowest BCUT2D eigenvalue weighted by Crippen LogP contribution is -2.18. The number of para-hydroxylation sites is 4. The van der Waals surface area contributed by atoms with E-state index in [1.54, 1.807) is 11.3 Å². The molecule has 131 heavy (non-hydrogen) atoms. The van der Waals surface area contributed by atoms with Crippen molar-refractivity contribution < 1.29 is 4.42 Å². The Morgan fingerprint density at radius 3 is 1.13 bits per heavy atom. The maximum atomic E-state index is 6.49. The predicted molar refractivity (Wildman–Crippen MR) is 554 cm³/mol. The van der Waals surface area contributed by atoms with Crippen LogP contribution in [-0.2, 0) is 5.41 Å². The highest BCUT2D eigenvalue weighted by Gasteiger charge is 2.41. The normalized spacial score (nSPS) is 12.7. The average molecular weight is 1750 g/mol. The van der Waals surface area contributed by atoms with Crippen LogP contribution in [0.25, 0.3) is 263 Å². The van der Waals surface area contributed by atoms with Crippen LogP contribution in [-0.4, -0.2) is 43.6 Å². The number of nitrogens with zero attached hydrogens (tertiary/aromatic N) is 9. The number of thiophene rings is 4. The molecule has 0 fully saturated rings. The van der Waals surface area contributed by atoms with E-state index in [4.69, 9.17) is 34.3 Å². The largest absolute Gasteiger partial charge is 0.452 e. The van der Waals surface area contributed by atoms with Gasteiger partial charge in [-0.15, -0.1) is 45.3 Å². The average Bonchev–Trinajstić information content (AvgIpc) is 1.57. The van der Waals surface area contributed by atoms with Crippen molar-refractivity contribution in [1.82, 2.24) is 43.6 Å². The molecule has 0 saturated carbocycles. The number of hydrogen-bond acceptors (Lipinski definition) is 11. The van der Waals surface area contributed by atoms with Gasteiger partial charge in [0.15, 0.2) is 5.58 Å². The maximum absolute atomic E-state index is 6.49. The van der Waals surface area contributed by atoms with Crippen molar-refractivity contribution in [3.63, 3.8) is 0 Å². The Bertz CT molecular complexity index is 9610. The SMILES string of the molecule is CC1(C)c2ccccc2-c2nc(-n3c4ccccc4c4cc5ccccc5cc43)nc(-c3ccc4c(c3)sc3ccccc34)c21.c1ccc2cc3c(cc2c1)c1ccccc1n3-c1nc(-c2ccc3sc4ccccc4c3c2)c2oc3ccccc3c2n1.c1ccc2cc3c(cc2c1)c1ccccc1n3-c1nc(-c2ccc3sc4ccccc4c3c2)c2sc3ccccc3c2n1. The molecule has 10 nitrogen and oxygen atoms in total. The Morgan fingerprint density at radius 1 is 0.237 bits per heavy atom. The van der Waals surface area contributed by atoms with Gasteiger partial charge in [0.05, 0.1) is 60.4 Å². The van der Waals surface area contributed by atoms with Crippen LogP contribution in [0.3, 0.4) is 0 Å². The van der Waals surface area contributed by atoms with E-state index in [1.165, 1.54) is 152 Å². The van der Waals surface area contributed by atoms with Gasteiger partial charge in [-0.25, -0.2) is 29.9 Å². The van der Waals surface area contributed by atoms with Gasteiger partial charge in [0.25, 0.3) is 0 Å². The Morgan fingerprint density at radius 2 is 0.595 bits per heavy atom. The molecule has 0 spiro atoms. The van der Waals surface area contributed by atoms with Gasteiger partial charge in [0.2, 0.25) is 17.8 Å². The van der Waals surface area contributed by atoms with E-state index in [1.807, 2.05) is 52.2 Å². The molecule has 18 aromatic carbocycles. The lowest BCUT2D eigenvalue weighted by atomic mass is 9.81. The first-order valence-electron chi connectivity index (χ1n) is 44.1. The minimum atomic E-state index is -0.244. The summed E-state index contributed by atoms with van der Waals surface area (Å²) in [6, 6.07) is 137. The van der Waals surface area contributed by atoms with Crippen molar-refractivity contribution in [2.45, 2.75) is 19.3 Å². The molecule has 0 unspecified atom stereocenters. The number of hydrogen-bond donors (Lipinski definition) is 0. The van der Waals surface area contributed by atoms with Gasteiger partial charge in [-0.3, -0.25) is 13.7 Å². The van der Waals surface area contributed by atoms with Crippen LogP contribution >= 0.6 is 45.3 Å². The molecule has 30 rings (SSSR count). The molecule has 11 heterocycles. The summed E-state index contributed by atoms with van der Waals surface area (Å²) >= 11 is 7.29. The Labute approximate surface area is 763 Å². The molecule has 612 valence electrons. The second-order valence-electron chi connectivity index (χ2n) is 34.7. The lowest BCUT2D eigenvalue weighted by Gasteiger charge is -2.24. The summed E-state index contributed by atoms with van der Waals surface area (Å²) < 4.78 is 23.3. The molecular formula is C117H69N9OS4. The fraction of sp³-hybridized carbons (Fsp3) is 0.0256. The molecule has 0 saturated heterocycles. The number of fused-ring (bicyclic) bond motifs is 30. The van der Waals surface area contributed by atoms with Crippen LogP contribution in [0.1, 0.15) is 25.0 Å². The molecule has 0 aliphatic heterocycles. The molecule has 14 heteroatoms. The number of benzene rings is 18. The van der Waals surface area contributed by atoms with E-state index in [2.05, 4.69) is 392 Å². The second-order valence-corrected chi connectivity index (χ2v) is 39.0. The van der Waals surface area contributed by atoms with Gasteiger partial charge >= 0.3 is 0 Å². The van der Waals surface area contributed by atoms with Gasteiger partial charge in [0, 0.05) is 142 Å². The van der Waals surface area contributed by atoms with E-state index in [0.717, 1.165) is 99.3 Å². The molecule has 0 amide bonds. The Balaban J connectivity index is 0.0000000986. The summed E-state index contributed by atoms with van der Waals surface area (Å²) in [5, 5.41) is 24.3. The Hall–Kier alpha value is -15.9. The van der Waals surface area contributed by atoms with Gasteiger partial charge in [0.1, 0.15) is 16.8 Å². The monoisotopic (exact) mass is 1740 g/mol. The van der Waals surface area contributed by atoms with Gasteiger partial charge < -0.3 is 4.42 Å². The third-order valence-corrected chi connectivity index (χ3v) is 31.6. The van der Waals surface area contributed by atoms with Crippen molar-refractivity contribution in [2.75, 3.05) is 0 Å². The maximum Gasteiger partial charge on any atom is 0.236 e. The first kappa shape index (κ1) is 74.2. The molecule has 0 N–H and O–H groups in total. The van der Waals surface area contributed by atoms with E-state index >= 15 is 0 Å². The molecular weight excluding hydrogens is 1680 g/mol. The fourth-order valence-electron chi connectivity index (χ4n) is 20.9. The summed E-state index contributed by atoms with van der Waals surface area (Å²) in [5.74, 6) is 2.03. The molecule has 1 aliphatic rings. The number of rotatable bonds is 6. The van der Waals surface area contributed by atoms with E-state index in [-0.39, 0.29) is 5.41 Å². The van der Waals surface area contributed by atoms with Crippen LogP contribution in [0.2, 0.25) is 0 Å². The first-order valence-corrected chi connectivity index (χ1v) is 47.4. The predicted octanol–water partition coefficient (Wildman–Crippen LogP) is 32.9. The number of aromatic nitrogens is 9. The zero-order valence-electron chi connectivity index (χ0n) is 70.4. The standard InChI is InChI=1S/C41H27N3S.C38H21N3OS.C38H21N3S2/c1-41(2)32-16-8-5-15-30(32)39-37(41)38(26-19-20-29-28-14-7-10-18-35(28)45-36(29)23-26)42-40(43-39)44-33-17-9-6-13-27(33)31-21-24-11-3-4-12-25(24)22-34(31)44;1-2-10-23-21-31-28(19-22(23)9-1)25-11-3-6-14-30(25)41(31)38-39-35(37-36(40-38)27-13-4-7-15-32(27)42-37)24-17-18-34-29(20-24)26-12-5-8-16-33(26)43-34;1-2-10-23-21-31-28(19-22(23)9-1)25-11-3-6-14-30(25)41(31)38-39-35(37-36(40-38)27-13-5-8-16-33(27)43-37)24-17-18-34-29(20-24)26-12-4-7-15-32(26)42-34/h3-23H,1-2H3;2*1-21H. The second kappa shape index (κ2) is 28.5. The van der Waals surface area contributed by atoms with Gasteiger partial charge in [-0.2, -0.15) is 0 Å². The molecule has 1 aliphatic carbocycles. The smallest absolute Gasteiger partial charge is 0.236 e. The number of furan rings is 1. The van der Waals surface area contributed by atoms with E-state index < -0.39 is 0 Å². The van der Waals surface area contributed by atoms with Crippen LogP contribution < -0.4 is 0 Å². The third-order valence-electron chi connectivity index (χ3n) is 27.0. The van der Waals surface area contributed by atoms with Crippen LogP contribution in [0.5, 0.6) is 0 Å². The van der Waals surface area contributed by atoms with Crippen LogP contribution in [0, 0.1) is 0 Å². The summed E-state index contributed by atoms with van der Waals surface area (Å²) in [7, 11) is 0. The van der Waals surface area contributed by atoms with Crippen molar-refractivity contribution in [3.8, 4) is 62.9 Å². The van der Waals surface area contributed by atoms with Gasteiger partial charge in [-0.1, -0.05) is 275 Å². The highest BCUT2D eigenvalue weighted by Crippen LogP contribution is 2.54. The van der Waals surface area contributed by atoms with Crippen molar-refractivity contribution in [1.29, 1.82) is 0 Å². The van der Waals surface area contributed by atoms with Crippen molar-refractivity contribution in [3.05, 3.63) is 393 Å². The quantitative estimate of drug-likeness (QED) is 0.163. The van der Waals surface area contributed by atoms with Crippen LogP contribution in [0.4, 0.5) is 0 Å². The minimum Gasteiger partial charge on any atom is -0.452 e. The first-order chi connectivity index (χ1) is 64.7. The molecule has 0 atom stereocenters. The summed E-state index contributed by atoms with van der Waals surface area (Å²) in [4.78, 5) is 32.3. The third kappa shape index (κ3) is 11.4. The molecule has 0 radical (unpaired) electrons. The topological polar surface area (TPSA) is 105 Å². The van der Waals surface area contributed by atoms with Gasteiger partial charge in [-0.05, 0) is 159 Å². The summed E-state index contributed by atoms with van der Waals surface area (Å²) in [6.45, 7) is 4.63. The lowest BCUT2D eigenvalue weighted by molar-refractivity contribution is 0.657. The fourth-order valence-corrected chi connectivity index (χ4v) is 25.4. The summed E-state index contributed by atoms with van der Waals surface area (Å²) in [5.41, 5.74) is 20.4. The molecule has 29 aromatic rings. The molecule has 0 bridgehead atoms. The zero-order chi connectivity index (χ0) is 86.0. The van der Waals surface area contributed by atoms with Crippen molar-refractivity contribution in [2.24, 2.45) is 0 Å². The zero-order valence-corrected chi connectivity index (χ0v) is 73.7. The van der Waals surface area contributed by atoms with E-state index in [9.17, 15) is 0 Å². The van der Waals surface area contributed by atoms with E-state index in [0.29, 0.717) is 23.4 Å². The van der Waals surface area contributed by atoms with Crippen molar-refractivity contribution >= 4 is 246 Å². The minimum absolute atomic E-state index is 0.244. The van der Waals surface area contributed by atoms with Crippen LogP contribution in [0.15, 0.2) is 387 Å².